The highest BCUT2D eigenvalue weighted by Gasteiger charge is 2.51. The predicted octanol–water partition coefficient (Wildman–Crippen LogP) is 4.95. The molecule has 0 aromatic heterocycles. The van der Waals surface area contributed by atoms with Crippen LogP contribution in [0.2, 0.25) is 0 Å². The van der Waals surface area contributed by atoms with Gasteiger partial charge in [-0.15, -0.1) is 6.58 Å². The summed E-state index contributed by atoms with van der Waals surface area (Å²) in [5.74, 6) is 0. The van der Waals surface area contributed by atoms with Crippen LogP contribution in [0.3, 0.4) is 0 Å². The monoisotopic (exact) mass is 334 g/mol. The quantitative estimate of drug-likeness (QED) is 0.256. The Kier molecular flexibility index (Phi) is 6.94. The van der Waals surface area contributed by atoms with E-state index in [9.17, 15) is 0 Å². The number of hydrogen-bond acceptors (Lipinski definition) is 3. The SMILES string of the molecule is C=CCCCC=CCC1OC1CC1OC1CC1OC1CCCCC. The number of ether oxygens (including phenoxy) is 3. The summed E-state index contributed by atoms with van der Waals surface area (Å²) in [5.41, 5.74) is 0. The highest BCUT2D eigenvalue weighted by Crippen LogP contribution is 2.42. The molecule has 6 unspecified atom stereocenters. The molecule has 0 N–H and O–H groups in total. The zero-order valence-corrected chi connectivity index (χ0v) is 15.2. The molecule has 0 radical (unpaired) electrons. The Morgan fingerprint density at radius 2 is 1.42 bits per heavy atom. The van der Waals surface area contributed by atoms with E-state index in [1.165, 1.54) is 32.1 Å². The lowest BCUT2D eigenvalue weighted by Crippen LogP contribution is -2.05. The van der Waals surface area contributed by atoms with E-state index in [4.69, 9.17) is 14.2 Å². The van der Waals surface area contributed by atoms with Gasteiger partial charge in [0.2, 0.25) is 0 Å². The van der Waals surface area contributed by atoms with Crippen molar-refractivity contribution in [2.24, 2.45) is 0 Å². The molecule has 0 spiro atoms. The van der Waals surface area contributed by atoms with Gasteiger partial charge in [0.25, 0.3) is 0 Å². The largest absolute Gasteiger partial charge is 0.369 e. The molecular weight excluding hydrogens is 300 g/mol. The minimum atomic E-state index is 0.428. The third-order valence-corrected chi connectivity index (χ3v) is 5.40. The molecule has 3 aliphatic heterocycles. The summed E-state index contributed by atoms with van der Waals surface area (Å²) in [4.78, 5) is 0. The first-order valence-electron chi connectivity index (χ1n) is 10.0. The smallest absolute Gasteiger partial charge is 0.0877 e. The summed E-state index contributed by atoms with van der Waals surface area (Å²) >= 11 is 0. The first kappa shape index (κ1) is 18.2. The van der Waals surface area contributed by atoms with Crippen LogP contribution < -0.4 is 0 Å². The zero-order chi connectivity index (χ0) is 16.8. The summed E-state index contributed by atoms with van der Waals surface area (Å²) in [5, 5.41) is 0. The van der Waals surface area contributed by atoms with Gasteiger partial charge in [-0.3, -0.25) is 0 Å². The molecule has 0 bridgehead atoms. The van der Waals surface area contributed by atoms with Gasteiger partial charge in [-0.1, -0.05) is 44.4 Å². The average molecular weight is 335 g/mol. The summed E-state index contributed by atoms with van der Waals surface area (Å²) in [7, 11) is 0. The Morgan fingerprint density at radius 1 is 0.750 bits per heavy atom. The second-order valence-electron chi connectivity index (χ2n) is 7.53. The molecule has 0 saturated carbocycles. The van der Waals surface area contributed by atoms with E-state index in [2.05, 4.69) is 25.7 Å². The van der Waals surface area contributed by atoms with Crippen LogP contribution in [-0.2, 0) is 14.2 Å². The molecule has 3 saturated heterocycles. The van der Waals surface area contributed by atoms with Gasteiger partial charge in [-0.25, -0.2) is 0 Å². The van der Waals surface area contributed by atoms with E-state index >= 15 is 0 Å². The fourth-order valence-corrected chi connectivity index (χ4v) is 3.61. The fourth-order valence-electron chi connectivity index (χ4n) is 3.61. The van der Waals surface area contributed by atoms with Gasteiger partial charge in [-0.2, -0.15) is 0 Å². The van der Waals surface area contributed by atoms with Crippen molar-refractivity contribution in [1.82, 2.24) is 0 Å². The van der Waals surface area contributed by atoms with Crippen LogP contribution in [0.15, 0.2) is 24.8 Å². The molecule has 3 heterocycles. The van der Waals surface area contributed by atoms with Gasteiger partial charge in [0.15, 0.2) is 0 Å². The van der Waals surface area contributed by atoms with Crippen LogP contribution in [0.1, 0.15) is 71.1 Å². The van der Waals surface area contributed by atoms with E-state index in [0.29, 0.717) is 36.6 Å². The predicted molar refractivity (Wildman–Crippen MR) is 97.2 cm³/mol. The topological polar surface area (TPSA) is 37.6 Å². The molecule has 6 atom stereocenters. The van der Waals surface area contributed by atoms with Gasteiger partial charge >= 0.3 is 0 Å². The van der Waals surface area contributed by atoms with Crippen LogP contribution in [0.5, 0.6) is 0 Å². The Balaban J connectivity index is 1.18. The maximum atomic E-state index is 5.82. The zero-order valence-electron chi connectivity index (χ0n) is 15.2. The standard InChI is InChI=1S/C21H34O3/c1-3-5-7-8-9-11-13-17-19(23-17)15-21-20(24-21)14-18-16(22-18)12-10-6-4-2/h3,9,11,16-21H,1,4-8,10,12-15H2,2H3. The molecule has 3 heteroatoms. The highest BCUT2D eigenvalue weighted by molar-refractivity contribution is 5.00. The van der Waals surface area contributed by atoms with Crippen LogP contribution in [-0.4, -0.2) is 36.6 Å². The summed E-state index contributed by atoms with van der Waals surface area (Å²) < 4.78 is 17.4. The molecule has 3 fully saturated rings. The number of hydrogen-bond donors (Lipinski definition) is 0. The van der Waals surface area contributed by atoms with E-state index in [1.807, 2.05) is 6.08 Å². The van der Waals surface area contributed by atoms with Crippen molar-refractivity contribution in [2.75, 3.05) is 0 Å². The third kappa shape index (κ3) is 6.02. The van der Waals surface area contributed by atoms with Crippen molar-refractivity contribution in [2.45, 2.75) is 108 Å². The van der Waals surface area contributed by atoms with E-state index in [1.54, 1.807) is 0 Å². The normalized spacial score (nSPS) is 36.9. The second-order valence-corrected chi connectivity index (χ2v) is 7.53. The molecule has 3 rings (SSSR count). The number of allylic oxidation sites excluding steroid dienone is 2. The summed E-state index contributed by atoms with van der Waals surface area (Å²) in [6.07, 6.45) is 21.1. The molecule has 0 aromatic rings. The van der Waals surface area contributed by atoms with E-state index < -0.39 is 0 Å². The van der Waals surface area contributed by atoms with Crippen molar-refractivity contribution in [3.8, 4) is 0 Å². The maximum Gasteiger partial charge on any atom is 0.0877 e. The van der Waals surface area contributed by atoms with Gasteiger partial charge in [0.1, 0.15) is 0 Å². The van der Waals surface area contributed by atoms with Crippen LogP contribution >= 0.6 is 0 Å². The molecule has 136 valence electrons. The minimum absolute atomic E-state index is 0.428. The molecule has 0 aliphatic carbocycles. The first-order chi connectivity index (χ1) is 11.8. The van der Waals surface area contributed by atoms with Crippen molar-refractivity contribution >= 4 is 0 Å². The van der Waals surface area contributed by atoms with Gasteiger partial charge in [0, 0.05) is 12.8 Å². The molecule has 0 amide bonds. The van der Waals surface area contributed by atoms with Crippen molar-refractivity contribution in [3.05, 3.63) is 24.8 Å². The lowest BCUT2D eigenvalue weighted by atomic mass is 10.0. The van der Waals surface area contributed by atoms with Crippen molar-refractivity contribution in [3.63, 3.8) is 0 Å². The maximum absolute atomic E-state index is 5.82. The van der Waals surface area contributed by atoms with Gasteiger partial charge < -0.3 is 14.2 Å². The number of unbranched alkanes of at least 4 members (excludes halogenated alkanes) is 4. The number of epoxide rings is 3. The van der Waals surface area contributed by atoms with Crippen LogP contribution in [0.4, 0.5) is 0 Å². The van der Waals surface area contributed by atoms with Gasteiger partial charge in [-0.05, 0) is 32.1 Å². The molecular formula is C21H34O3. The third-order valence-electron chi connectivity index (χ3n) is 5.40. The van der Waals surface area contributed by atoms with Crippen LogP contribution in [0.25, 0.3) is 0 Å². The second kappa shape index (κ2) is 9.17. The number of rotatable bonds is 14. The van der Waals surface area contributed by atoms with Gasteiger partial charge in [0.05, 0.1) is 36.6 Å². The fraction of sp³-hybridized carbons (Fsp3) is 0.810. The Hall–Kier alpha value is -0.640. The highest BCUT2D eigenvalue weighted by atomic mass is 16.6. The summed E-state index contributed by atoms with van der Waals surface area (Å²) in [6, 6.07) is 0. The van der Waals surface area contributed by atoms with Crippen molar-refractivity contribution < 1.29 is 14.2 Å². The average Bonchev–Trinajstić information content (AvgIpc) is 3.48. The molecule has 3 aliphatic rings. The minimum Gasteiger partial charge on any atom is -0.369 e. The Bertz CT molecular complexity index is 419. The van der Waals surface area contributed by atoms with E-state index in [-0.39, 0.29) is 0 Å². The molecule has 0 aromatic carbocycles. The lowest BCUT2D eigenvalue weighted by Gasteiger charge is -1.94. The Morgan fingerprint density at radius 3 is 2.17 bits per heavy atom. The lowest BCUT2D eigenvalue weighted by molar-refractivity contribution is 0.309. The molecule has 24 heavy (non-hydrogen) atoms. The molecule has 3 nitrogen and oxygen atoms in total. The van der Waals surface area contributed by atoms with Crippen LogP contribution in [0, 0.1) is 0 Å². The van der Waals surface area contributed by atoms with Crippen molar-refractivity contribution in [1.29, 1.82) is 0 Å². The summed E-state index contributed by atoms with van der Waals surface area (Å²) in [6.45, 7) is 5.99. The van der Waals surface area contributed by atoms with E-state index in [0.717, 1.165) is 32.1 Å². The Labute approximate surface area is 147 Å². The first-order valence-corrected chi connectivity index (χ1v) is 10.0.